The van der Waals surface area contributed by atoms with Crippen LogP contribution in [0, 0.1) is 6.92 Å². The third kappa shape index (κ3) is 3.59. The third-order valence-corrected chi connectivity index (χ3v) is 2.73. The average molecular weight is 238 g/mol. The van der Waals surface area contributed by atoms with E-state index < -0.39 is 0 Å². The topological polar surface area (TPSA) is 0 Å². The van der Waals surface area contributed by atoms with Gasteiger partial charge in [0.05, 0.1) is 0 Å². The maximum Gasteiger partial charge on any atom is -0.00882 e. The highest BCUT2D eigenvalue weighted by Gasteiger charge is 1.97. The highest BCUT2D eigenvalue weighted by atomic mass is 14.0. The van der Waals surface area contributed by atoms with E-state index in [9.17, 15) is 0 Å². The second kappa shape index (κ2) is 7.50. The molecular weight excluding hydrogens is 216 g/mol. The van der Waals surface area contributed by atoms with Crippen molar-refractivity contribution in [1.29, 1.82) is 0 Å². The maximum atomic E-state index is 3.78. The summed E-state index contributed by atoms with van der Waals surface area (Å²) in [5.74, 6) is 0. The van der Waals surface area contributed by atoms with Crippen LogP contribution in [-0.4, -0.2) is 0 Å². The summed E-state index contributed by atoms with van der Waals surface area (Å²) >= 11 is 0. The van der Waals surface area contributed by atoms with E-state index in [1.165, 1.54) is 21.6 Å². The molecule has 18 heavy (non-hydrogen) atoms. The summed E-state index contributed by atoms with van der Waals surface area (Å²) in [4.78, 5) is 0. The Morgan fingerprint density at radius 2 is 1.94 bits per heavy atom. The van der Waals surface area contributed by atoms with Crippen LogP contribution in [0.15, 0.2) is 55.2 Å². The van der Waals surface area contributed by atoms with Gasteiger partial charge in [0.25, 0.3) is 0 Å². The second-order valence-corrected chi connectivity index (χ2v) is 4.01. The van der Waals surface area contributed by atoms with Crippen molar-refractivity contribution >= 4 is 11.6 Å². The normalized spacial score (nSPS) is 17.2. The van der Waals surface area contributed by atoms with Crippen molar-refractivity contribution in [2.45, 2.75) is 27.2 Å². The van der Waals surface area contributed by atoms with Gasteiger partial charge >= 0.3 is 0 Å². The van der Waals surface area contributed by atoms with Gasteiger partial charge in [-0.05, 0) is 29.4 Å². The van der Waals surface area contributed by atoms with Crippen molar-refractivity contribution in [3.63, 3.8) is 0 Å². The lowest BCUT2D eigenvalue weighted by Crippen LogP contribution is -2.26. The highest BCUT2D eigenvalue weighted by molar-refractivity contribution is 5.61. The molecule has 1 aliphatic rings. The number of aryl methyl sites for hydroxylation is 1. The van der Waals surface area contributed by atoms with Gasteiger partial charge in [-0.25, -0.2) is 0 Å². The molecule has 94 valence electrons. The molecule has 1 aromatic rings. The molecule has 0 saturated heterocycles. The van der Waals surface area contributed by atoms with Gasteiger partial charge in [-0.3, -0.25) is 0 Å². The van der Waals surface area contributed by atoms with Gasteiger partial charge in [-0.1, -0.05) is 80.6 Å². The number of benzene rings is 1. The Labute approximate surface area is 110 Å². The zero-order valence-corrected chi connectivity index (χ0v) is 11.6. The molecule has 0 aromatic heterocycles. The smallest absolute Gasteiger partial charge is 0.00882 e. The van der Waals surface area contributed by atoms with E-state index in [2.05, 4.69) is 62.1 Å². The van der Waals surface area contributed by atoms with E-state index in [4.69, 9.17) is 0 Å². The number of allylic oxidation sites excluding steroid dienone is 5. The molecule has 0 spiro atoms. The Bertz CT molecular complexity index is 569. The van der Waals surface area contributed by atoms with Gasteiger partial charge in [0.2, 0.25) is 0 Å². The summed E-state index contributed by atoms with van der Waals surface area (Å²) < 4.78 is 0. The first-order valence-electron chi connectivity index (χ1n) is 6.57. The van der Waals surface area contributed by atoms with Crippen molar-refractivity contribution in [2.24, 2.45) is 0 Å². The predicted octanol–water partition coefficient (Wildman–Crippen LogP) is 3.65. The molecule has 0 N–H and O–H groups in total. The van der Waals surface area contributed by atoms with Crippen LogP contribution in [0.2, 0.25) is 0 Å². The van der Waals surface area contributed by atoms with Crippen LogP contribution in [0.1, 0.15) is 25.8 Å². The summed E-state index contributed by atoms with van der Waals surface area (Å²) in [7, 11) is 0. The molecule has 0 unspecified atom stereocenters. The predicted molar refractivity (Wildman–Crippen MR) is 82.7 cm³/mol. The van der Waals surface area contributed by atoms with E-state index >= 15 is 0 Å². The van der Waals surface area contributed by atoms with Crippen LogP contribution in [0.25, 0.3) is 11.6 Å². The van der Waals surface area contributed by atoms with E-state index in [-0.39, 0.29) is 0 Å². The molecule has 0 amide bonds. The van der Waals surface area contributed by atoms with Gasteiger partial charge in [0, 0.05) is 0 Å². The van der Waals surface area contributed by atoms with Crippen LogP contribution in [0.4, 0.5) is 0 Å². The fourth-order valence-electron chi connectivity index (χ4n) is 1.95. The fourth-order valence-corrected chi connectivity index (χ4v) is 1.95. The molecular formula is C18H22. The van der Waals surface area contributed by atoms with Crippen LogP contribution in [0.3, 0.4) is 0 Å². The highest BCUT2D eigenvalue weighted by Crippen LogP contribution is 2.08. The average Bonchev–Trinajstić information content (AvgIpc) is 2.43. The van der Waals surface area contributed by atoms with E-state index in [0.29, 0.717) is 0 Å². The molecule has 0 aliphatic heterocycles. The lowest BCUT2D eigenvalue weighted by atomic mass is 10.0. The van der Waals surface area contributed by atoms with E-state index in [1.807, 2.05) is 19.9 Å². The van der Waals surface area contributed by atoms with Crippen molar-refractivity contribution in [3.05, 3.63) is 71.2 Å². The Morgan fingerprint density at radius 1 is 1.17 bits per heavy atom. The molecule has 0 heterocycles. The number of hydrogen-bond donors (Lipinski definition) is 0. The summed E-state index contributed by atoms with van der Waals surface area (Å²) in [6, 6.07) is 6.56. The van der Waals surface area contributed by atoms with Crippen LogP contribution < -0.4 is 10.4 Å². The largest absolute Gasteiger partial charge is 0.0990 e. The summed E-state index contributed by atoms with van der Waals surface area (Å²) in [5.41, 5.74) is 2.66. The van der Waals surface area contributed by atoms with Crippen molar-refractivity contribution in [3.8, 4) is 0 Å². The molecule has 0 bridgehead atoms. The van der Waals surface area contributed by atoms with E-state index in [1.54, 1.807) is 0 Å². The van der Waals surface area contributed by atoms with Crippen LogP contribution in [0.5, 0.6) is 0 Å². The van der Waals surface area contributed by atoms with Crippen LogP contribution in [-0.2, 0) is 0 Å². The lowest BCUT2D eigenvalue weighted by Gasteiger charge is -2.03. The molecule has 1 aromatic carbocycles. The molecule has 0 radical (unpaired) electrons. The minimum atomic E-state index is 1.01. The van der Waals surface area contributed by atoms with Crippen LogP contribution >= 0.6 is 0 Å². The Hall–Kier alpha value is -1.82. The molecule has 2 rings (SSSR count). The van der Waals surface area contributed by atoms with Gasteiger partial charge in [0.1, 0.15) is 0 Å². The Morgan fingerprint density at radius 3 is 2.56 bits per heavy atom. The molecule has 0 saturated carbocycles. The molecule has 1 aliphatic carbocycles. The fraction of sp³-hybridized carbons (Fsp3) is 0.222. The molecule has 0 nitrogen and oxygen atoms in total. The van der Waals surface area contributed by atoms with Crippen molar-refractivity contribution < 1.29 is 0 Å². The second-order valence-electron chi connectivity index (χ2n) is 4.01. The minimum Gasteiger partial charge on any atom is -0.0990 e. The van der Waals surface area contributed by atoms with Crippen molar-refractivity contribution in [2.75, 3.05) is 0 Å². The third-order valence-electron chi connectivity index (χ3n) is 2.73. The number of rotatable bonds is 1. The first kappa shape index (κ1) is 14.2. The monoisotopic (exact) mass is 238 g/mol. The zero-order chi connectivity index (χ0) is 13.4. The summed E-state index contributed by atoms with van der Waals surface area (Å²) in [5, 5.41) is 2.57. The van der Waals surface area contributed by atoms with Gasteiger partial charge in [-0.15, -0.1) is 0 Å². The van der Waals surface area contributed by atoms with Gasteiger partial charge in [0.15, 0.2) is 0 Å². The summed E-state index contributed by atoms with van der Waals surface area (Å²) in [6.45, 7) is 9.89. The SMILES string of the molecule is C=C/C=c1/cc(C)cc/c1=C1\C=CC=CC1.CC. The standard InChI is InChI=1S/C16H16.C2H6/c1-3-7-15-12-13(2)10-11-16(15)14-8-5-4-6-9-14;1-2/h3-8,10-12H,1,9H2,2H3;1-2H3/b15-7-,16-14-;. The van der Waals surface area contributed by atoms with Crippen molar-refractivity contribution in [1.82, 2.24) is 0 Å². The van der Waals surface area contributed by atoms with Gasteiger partial charge < -0.3 is 0 Å². The quantitative estimate of drug-likeness (QED) is 0.700. The zero-order valence-electron chi connectivity index (χ0n) is 11.6. The first-order valence-corrected chi connectivity index (χ1v) is 6.57. The molecule has 0 atom stereocenters. The van der Waals surface area contributed by atoms with E-state index in [0.717, 1.165) is 6.42 Å². The Kier molecular flexibility index (Phi) is 5.93. The molecule has 0 fully saturated rings. The summed E-state index contributed by atoms with van der Waals surface area (Å²) in [6.07, 6.45) is 13.5. The number of hydrogen-bond acceptors (Lipinski definition) is 0. The molecule has 0 heteroatoms. The lowest BCUT2D eigenvalue weighted by molar-refractivity contribution is 1.33. The maximum absolute atomic E-state index is 3.78. The first-order chi connectivity index (χ1) is 8.81. The minimum absolute atomic E-state index is 1.01. The van der Waals surface area contributed by atoms with Gasteiger partial charge in [-0.2, -0.15) is 0 Å². The Balaban J connectivity index is 0.000000771.